The number of nitrogens with one attached hydrogen (secondary N) is 2. The molecule has 0 unspecified atom stereocenters. The Hall–Kier alpha value is -4.89. The largest absolute Gasteiger partial charge is 0.493 e. The number of nitrogens with zero attached hydrogens (tertiary/aromatic N) is 2. The average Bonchev–Trinajstić information content (AvgIpc) is 3.30. The van der Waals surface area contributed by atoms with Gasteiger partial charge in [0.25, 0.3) is 11.8 Å². The molecule has 1 saturated heterocycles. The number of aromatic nitrogens is 1. The molecule has 1 fully saturated rings. The third-order valence-corrected chi connectivity index (χ3v) is 9.58. The molecule has 13 nitrogen and oxygen atoms in total. The maximum atomic E-state index is 14.6. The maximum absolute atomic E-state index is 14.6. The van der Waals surface area contributed by atoms with Crippen molar-refractivity contribution in [3.05, 3.63) is 82.1 Å². The molecule has 4 bridgehead atoms. The van der Waals surface area contributed by atoms with Crippen molar-refractivity contribution in [2.24, 2.45) is 7.05 Å². The zero-order valence-electron chi connectivity index (χ0n) is 24.2. The summed E-state index contributed by atoms with van der Waals surface area (Å²) in [5.41, 5.74) is 1.22. The molecule has 236 valence electrons. The van der Waals surface area contributed by atoms with Gasteiger partial charge in [0.2, 0.25) is 10.0 Å². The Morgan fingerprint density at radius 3 is 2.67 bits per heavy atom. The van der Waals surface area contributed by atoms with E-state index in [4.69, 9.17) is 18.6 Å². The van der Waals surface area contributed by atoms with E-state index in [9.17, 15) is 27.2 Å². The molecule has 0 spiro atoms. The number of aryl methyl sites for hydroxylation is 1. The zero-order valence-corrected chi connectivity index (χ0v) is 25.1. The van der Waals surface area contributed by atoms with E-state index < -0.39 is 52.2 Å². The molecule has 3 heterocycles. The van der Waals surface area contributed by atoms with Gasteiger partial charge >= 0.3 is 5.76 Å². The fourth-order valence-corrected chi connectivity index (χ4v) is 6.89. The summed E-state index contributed by atoms with van der Waals surface area (Å²) in [7, 11) is -1.20. The van der Waals surface area contributed by atoms with Crippen molar-refractivity contribution in [2.45, 2.75) is 30.0 Å². The van der Waals surface area contributed by atoms with Crippen LogP contribution in [0.5, 0.6) is 17.2 Å². The van der Waals surface area contributed by atoms with Crippen LogP contribution in [0.15, 0.2) is 68.7 Å². The number of benzene rings is 3. The van der Waals surface area contributed by atoms with E-state index in [1.165, 1.54) is 71.6 Å². The number of hydrogen-bond donors (Lipinski definition) is 2. The van der Waals surface area contributed by atoms with Crippen LogP contribution in [0.2, 0.25) is 0 Å². The predicted octanol–water partition coefficient (Wildman–Crippen LogP) is 1.93. The fraction of sp³-hybridized carbons (Fsp3) is 0.300. The van der Waals surface area contributed by atoms with E-state index in [0.29, 0.717) is 16.8 Å². The second kappa shape index (κ2) is 11.9. The number of oxazole rings is 1. The van der Waals surface area contributed by atoms with Crippen molar-refractivity contribution in [3.8, 4) is 17.2 Å². The minimum Gasteiger partial charge on any atom is -0.493 e. The Kier molecular flexibility index (Phi) is 7.97. The molecule has 45 heavy (non-hydrogen) atoms. The number of carbonyl (C=O) groups excluding carboxylic acids is 2. The first-order chi connectivity index (χ1) is 21.5. The topological polar surface area (TPSA) is 158 Å². The number of methoxy groups -OCH3 is 1. The SMILES string of the molecule is COc1ccc2cc1OCC(=O)N[C@@H]1CN(S(=O)(=O)c3ccc4oc(=O)n(C)c4c3)CC[C@@H]1Oc1cc(F)cc(c1)CNC2=O. The second-order valence-electron chi connectivity index (χ2n) is 10.7. The normalized spacial score (nSPS) is 19.5. The Balaban J connectivity index is 1.32. The second-order valence-corrected chi connectivity index (χ2v) is 12.6. The number of sulfonamides is 1. The third kappa shape index (κ3) is 6.08. The highest BCUT2D eigenvalue weighted by atomic mass is 32.2. The Morgan fingerprint density at radius 2 is 1.87 bits per heavy atom. The minimum absolute atomic E-state index is 0.00136. The van der Waals surface area contributed by atoms with Crippen LogP contribution in [0, 0.1) is 5.82 Å². The van der Waals surface area contributed by atoms with E-state index in [0.717, 1.165) is 0 Å². The van der Waals surface area contributed by atoms with Crippen LogP contribution >= 0.6 is 0 Å². The lowest BCUT2D eigenvalue weighted by atomic mass is 10.0. The number of amides is 2. The molecule has 2 amide bonds. The van der Waals surface area contributed by atoms with Crippen molar-refractivity contribution in [3.63, 3.8) is 0 Å². The molecule has 4 aromatic rings. The first-order valence-corrected chi connectivity index (χ1v) is 15.4. The molecule has 2 atom stereocenters. The molecule has 2 N–H and O–H groups in total. The van der Waals surface area contributed by atoms with Crippen molar-refractivity contribution < 1.29 is 41.0 Å². The predicted molar refractivity (Wildman–Crippen MR) is 157 cm³/mol. The van der Waals surface area contributed by atoms with E-state index in [2.05, 4.69) is 10.6 Å². The first-order valence-electron chi connectivity index (χ1n) is 14.0. The Bertz CT molecular complexity index is 1970. The lowest BCUT2D eigenvalue weighted by molar-refractivity contribution is -0.125. The molecule has 0 saturated carbocycles. The number of carbonyl (C=O) groups is 2. The van der Waals surface area contributed by atoms with Gasteiger partial charge in [0, 0.05) is 44.7 Å². The molecule has 2 aliphatic rings. The van der Waals surface area contributed by atoms with E-state index in [1.807, 2.05) is 0 Å². The summed E-state index contributed by atoms with van der Waals surface area (Å²) in [6, 6.07) is 11.8. The number of ether oxygens (including phenoxy) is 3. The maximum Gasteiger partial charge on any atom is 0.419 e. The van der Waals surface area contributed by atoms with Crippen LogP contribution < -0.4 is 30.6 Å². The average molecular weight is 641 g/mol. The van der Waals surface area contributed by atoms with Gasteiger partial charge in [-0.1, -0.05) is 0 Å². The highest BCUT2D eigenvalue weighted by molar-refractivity contribution is 7.89. The lowest BCUT2D eigenvalue weighted by Crippen LogP contribution is -2.58. The van der Waals surface area contributed by atoms with Gasteiger partial charge in [0.05, 0.1) is 23.6 Å². The number of hydrogen-bond acceptors (Lipinski definition) is 9. The summed E-state index contributed by atoms with van der Waals surface area (Å²) >= 11 is 0. The van der Waals surface area contributed by atoms with Crippen molar-refractivity contribution >= 4 is 32.9 Å². The molecule has 0 aliphatic carbocycles. The van der Waals surface area contributed by atoms with Gasteiger partial charge in [-0.05, 0) is 54.1 Å². The fourth-order valence-electron chi connectivity index (χ4n) is 5.39. The summed E-state index contributed by atoms with van der Waals surface area (Å²) in [4.78, 5) is 37.8. The quantitative estimate of drug-likeness (QED) is 0.341. The summed E-state index contributed by atoms with van der Waals surface area (Å²) in [6.45, 7) is -0.621. The van der Waals surface area contributed by atoms with Gasteiger partial charge in [-0.2, -0.15) is 4.31 Å². The highest BCUT2D eigenvalue weighted by Crippen LogP contribution is 2.30. The first kappa shape index (κ1) is 30.1. The molecule has 3 aromatic carbocycles. The summed E-state index contributed by atoms with van der Waals surface area (Å²) < 4.78 is 66.8. The van der Waals surface area contributed by atoms with E-state index in [-0.39, 0.29) is 53.6 Å². The smallest absolute Gasteiger partial charge is 0.419 e. The van der Waals surface area contributed by atoms with Crippen molar-refractivity contribution in [2.75, 3.05) is 26.8 Å². The Labute approximate surface area is 256 Å². The van der Waals surface area contributed by atoms with Gasteiger partial charge in [0.1, 0.15) is 17.7 Å². The van der Waals surface area contributed by atoms with Crippen LogP contribution in [-0.4, -0.2) is 68.1 Å². The molecular formula is C30H29FN4O9S. The Morgan fingerprint density at radius 1 is 1.04 bits per heavy atom. The number of piperidine rings is 1. The minimum atomic E-state index is -4.09. The third-order valence-electron chi connectivity index (χ3n) is 7.72. The number of fused-ring (bicyclic) bond motifs is 6. The highest BCUT2D eigenvalue weighted by Gasteiger charge is 2.38. The molecule has 0 radical (unpaired) electrons. The van der Waals surface area contributed by atoms with Crippen LogP contribution in [-0.2, 0) is 28.4 Å². The standard InChI is InChI=1S/C30H29FN4O9S/c1-34-23-13-21(4-6-25(23)44-30(34)38)45(39,40)35-8-7-24-22(15-35)33-28(36)16-42-27-11-18(3-5-26(27)41-2)29(37)32-14-17-9-19(31)12-20(10-17)43-24/h3-6,9-13,22,24H,7-8,14-16H2,1-2H3,(H,32,37)(H,33,36)/t22-,24+/m1/s1. The van der Waals surface area contributed by atoms with Crippen LogP contribution in [0.3, 0.4) is 0 Å². The van der Waals surface area contributed by atoms with E-state index >= 15 is 0 Å². The van der Waals surface area contributed by atoms with Gasteiger partial charge < -0.3 is 29.3 Å². The van der Waals surface area contributed by atoms with Gasteiger partial charge in [-0.3, -0.25) is 14.2 Å². The lowest BCUT2D eigenvalue weighted by Gasteiger charge is -2.38. The van der Waals surface area contributed by atoms with Gasteiger partial charge in [-0.15, -0.1) is 0 Å². The summed E-state index contributed by atoms with van der Waals surface area (Å²) in [5, 5.41) is 5.53. The number of rotatable bonds is 3. The zero-order chi connectivity index (χ0) is 31.9. The molecule has 2 aliphatic heterocycles. The van der Waals surface area contributed by atoms with Crippen molar-refractivity contribution in [1.82, 2.24) is 19.5 Å². The molecule has 6 rings (SSSR count). The molecule has 1 aromatic heterocycles. The summed E-state index contributed by atoms with van der Waals surface area (Å²) in [5.74, 6) is -1.67. The summed E-state index contributed by atoms with van der Waals surface area (Å²) in [6.07, 6.45) is -0.594. The number of halogens is 1. The van der Waals surface area contributed by atoms with Gasteiger partial charge in [-0.25, -0.2) is 17.6 Å². The van der Waals surface area contributed by atoms with Crippen molar-refractivity contribution in [1.29, 1.82) is 0 Å². The molecule has 15 heteroatoms. The van der Waals surface area contributed by atoms with Crippen LogP contribution in [0.1, 0.15) is 22.3 Å². The van der Waals surface area contributed by atoms with Crippen LogP contribution in [0.25, 0.3) is 11.1 Å². The molecular weight excluding hydrogens is 611 g/mol. The van der Waals surface area contributed by atoms with Gasteiger partial charge in [0.15, 0.2) is 23.7 Å². The van der Waals surface area contributed by atoms with Crippen LogP contribution in [0.4, 0.5) is 4.39 Å². The monoisotopic (exact) mass is 640 g/mol. The van der Waals surface area contributed by atoms with E-state index in [1.54, 1.807) is 6.07 Å².